The van der Waals surface area contributed by atoms with E-state index in [1.54, 1.807) is 23.5 Å². The third-order valence-corrected chi connectivity index (χ3v) is 4.81. The molecule has 3 N–H and O–H groups in total. The van der Waals surface area contributed by atoms with Gasteiger partial charge in [0.1, 0.15) is 0 Å². The quantitative estimate of drug-likeness (QED) is 0.891. The first kappa shape index (κ1) is 15.0. The van der Waals surface area contributed by atoms with Gasteiger partial charge in [-0.2, -0.15) is 0 Å². The van der Waals surface area contributed by atoms with E-state index < -0.39 is 10.0 Å². The Bertz CT molecular complexity index is 675. The number of sulfonamides is 1. The van der Waals surface area contributed by atoms with Crippen LogP contribution in [0.5, 0.6) is 0 Å². The van der Waals surface area contributed by atoms with Crippen molar-refractivity contribution >= 4 is 27.0 Å². The average molecular weight is 310 g/mol. The molecule has 0 aliphatic heterocycles. The van der Waals surface area contributed by atoms with Crippen LogP contribution in [0, 0.1) is 6.92 Å². The lowest BCUT2D eigenvalue weighted by molar-refractivity contribution is 0.597. The minimum atomic E-state index is -3.47. The summed E-state index contributed by atoms with van der Waals surface area (Å²) in [5.41, 5.74) is 1.65. The number of rotatable bonds is 5. The molecule has 20 heavy (non-hydrogen) atoms. The fourth-order valence-corrected chi connectivity index (χ4v) is 3.47. The molecule has 1 atom stereocenters. The highest BCUT2D eigenvalue weighted by Crippen LogP contribution is 2.25. The molecular formula is C14H18N2O2S2. The minimum absolute atomic E-state index is 0.132. The van der Waals surface area contributed by atoms with Crippen LogP contribution in [0.2, 0.25) is 0 Å². The lowest BCUT2D eigenvalue weighted by atomic mass is 10.2. The van der Waals surface area contributed by atoms with Crippen LogP contribution in [0.4, 0.5) is 5.69 Å². The summed E-state index contributed by atoms with van der Waals surface area (Å²) in [5, 5.41) is 8.41. The lowest BCUT2D eigenvalue weighted by Crippen LogP contribution is -2.14. The smallest absolute Gasteiger partial charge is 0.213 e. The van der Waals surface area contributed by atoms with E-state index in [1.165, 1.54) is 9.75 Å². The number of anilines is 1. The third-order valence-electron chi connectivity index (χ3n) is 2.89. The van der Waals surface area contributed by atoms with E-state index in [0.717, 1.165) is 5.69 Å². The SMILES string of the molecule is Cc1ccc(C(C)Nc2ccc(CS(N)(=O)=O)cc2)s1. The summed E-state index contributed by atoms with van der Waals surface area (Å²) >= 11 is 1.77. The maximum Gasteiger partial charge on any atom is 0.213 e. The van der Waals surface area contributed by atoms with Crippen molar-refractivity contribution in [2.24, 2.45) is 5.14 Å². The van der Waals surface area contributed by atoms with Crippen LogP contribution in [0.25, 0.3) is 0 Å². The number of aryl methyl sites for hydroxylation is 1. The molecule has 4 nitrogen and oxygen atoms in total. The fraction of sp³-hybridized carbons (Fsp3) is 0.286. The maximum atomic E-state index is 11.0. The number of thiophene rings is 1. The standard InChI is InChI=1S/C14H18N2O2S2/c1-10-3-8-14(19-10)11(2)16-13-6-4-12(5-7-13)9-20(15,17)18/h3-8,11,16H,9H2,1-2H3,(H2,15,17,18). The Balaban J connectivity index is 2.03. The summed E-state index contributed by atoms with van der Waals surface area (Å²) in [5.74, 6) is -0.132. The van der Waals surface area contributed by atoms with Crippen molar-refractivity contribution < 1.29 is 8.42 Å². The van der Waals surface area contributed by atoms with Gasteiger partial charge in [0.15, 0.2) is 0 Å². The van der Waals surface area contributed by atoms with E-state index >= 15 is 0 Å². The molecule has 6 heteroatoms. The monoisotopic (exact) mass is 310 g/mol. The molecule has 0 saturated carbocycles. The second kappa shape index (κ2) is 5.95. The molecule has 0 aliphatic carbocycles. The van der Waals surface area contributed by atoms with Crippen molar-refractivity contribution in [1.29, 1.82) is 0 Å². The van der Waals surface area contributed by atoms with Crippen molar-refractivity contribution in [2.45, 2.75) is 25.6 Å². The van der Waals surface area contributed by atoms with E-state index in [4.69, 9.17) is 5.14 Å². The largest absolute Gasteiger partial charge is 0.378 e. The molecule has 0 amide bonds. The number of benzene rings is 1. The van der Waals surface area contributed by atoms with Gasteiger partial charge in [0.25, 0.3) is 0 Å². The van der Waals surface area contributed by atoms with Crippen LogP contribution < -0.4 is 10.5 Å². The second-order valence-corrected chi connectivity index (χ2v) is 7.75. The number of primary sulfonamides is 1. The topological polar surface area (TPSA) is 72.2 Å². The van der Waals surface area contributed by atoms with Gasteiger partial charge in [0.2, 0.25) is 10.0 Å². The van der Waals surface area contributed by atoms with E-state index in [9.17, 15) is 8.42 Å². The predicted molar refractivity (Wildman–Crippen MR) is 84.3 cm³/mol. The van der Waals surface area contributed by atoms with Crippen LogP contribution in [0.15, 0.2) is 36.4 Å². The van der Waals surface area contributed by atoms with Crippen LogP contribution in [0.3, 0.4) is 0 Å². The lowest BCUT2D eigenvalue weighted by Gasteiger charge is -2.14. The summed E-state index contributed by atoms with van der Waals surface area (Å²) in [6, 6.07) is 11.7. The molecule has 0 saturated heterocycles. The molecule has 0 bridgehead atoms. The molecule has 2 aromatic rings. The molecule has 0 fully saturated rings. The van der Waals surface area contributed by atoms with Gasteiger partial charge in [-0.15, -0.1) is 11.3 Å². The first-order valence-electron chi connectivity index (χ1n) is 6.26. The Labute approximate surface area is 123 Å². The molecule has 1 aromatic heterocycles. The summed E-state index contributed by atoms with van der Waals surface area (Å²) in [6.07, 6.45) is 0. The molecule has 0 aliphatic rings. The van der Waals surface area contributed by atoms with Gasteiger partial charge in [-0.3, -0.25) is 0 Å². The highest BCUT2D eigenvalue weighted by atomic mass is 32.2. The Morgan fingerprint density at radius 2 is 1.85 bits per heavy atom. The van der Waals surface area contributed by atoms with Gasteiger partial charge in [-0.1, -0.05) is 12.1 Å². The highest BCUT2D eigenvalue weighted by Gasteiger charge is 2.08. The highest BCUT2D eigenvalue weighted by molar-refractivity contribution is 7.88. The van der Waals surface area contributed by atoms with Gasteiger partial charge in [0.05, 0.1) is 11.8 Å². The molecular weight excluding hydrogens is 292 g/mol. The number of nitrogens with two attached hydrogens (primary N) is 1. The first-order valence-corrected chi connectivity index (χ1v) is 8.79. The zero-order valence-electron chi connectivity index (χ0n) is 11.5. The third kappa shape index (κ3) is 4.33. The maximum absolute atomic E-state index is 11.0. The van der Waals surface area contributed by atoms with E-state index in [2.05, 4.69) is 31.3 Å². The Kier molecular flexibility index (Phi) is 4.47. The molecule has 1 unspecified atom stereocenters. The number of hydrogen-bond acceptors (Lipinski definition) is 4. The van der Waals surface area contributed by atoms with E-state index in [1.807, 2.05) is 12.1 Å². The first-order chi connectivity index (χ1) is 9.33. The summed E-state index contributed by atoms with van der Waals surface area (Å²) in [6.45, 7) is 4.19. The van der Waals surface area contributed by atoms with Crippen molar-refractivity contribution in [3.05, 3.63) is 51.7 Å². The van der Waals surface area contributed by atoms with Crippen LogP contribution in [-0.2, 0) is 15.8 Å². The number of nitrogens with one attached hydrogen (secondary N) is 1. The van der Waals surface area contributed by atoms with Crippen molar-refractivity contribution in [3.63, 3.8) is 0 Å². The Morgan fingerprint density at radius 3 is 2.35 bits per heavy atom. The molecule has 0 radical (unpaired) electrons. The van der Waals surface area contributed by atoms with Crippen molar-refractivity contribution in [2.75, 3.05) is 5.32 Å². The summed E-state index contributed by atoms with van der Waals surface area (Å²) in [7, 11) is -3.47. The minimum Gasteiger partial charge on any atom is -0.378 e. The Hall–Kier alpha value is -1.37. The van der Waals surface area contributed by atoms with Crippen molar-refractivity contribution in [3.8, 4) is 0 Å². The van der Waals surface area contributed by atoms with E-state index in [0.29, 0.717) is 5.56 Å². The van der Waals surface area contributed by atoms with E-state index in [-0.39, 0.29) is 11.8 Å². The average Bonchev–Trinajstić information content (AvgIpc) is 2.77. The van der Waals surface area contributed by atoms with Crippen LogP contribution >= 0.6 is 11.3 Å². The molecule has 1 heterocycles. The number of hydrogen-bond donors (Lipinski definition) is 2. The fourth-order valence-electron chi connectivity index (χ4n) is 1.94. The van der Waals surface area contributed by atoms with Crippen LogP contribution in [-0.4, -0.2) is 8.42 Å². The predicted octanol–water partition coefficient (Wildman–Crippen LogP) is 3.02. The summed E-state index contributed by atoms with van der Waals surface area (Å²) < 4.78 is 22.0. The normalized spacial score (nSPS) is 13.2. The molecule has 108 valence electrons. The van der Waals surface area contributed by atoms with Gasteiger partial charge in [-0.25, -0.2) is 13.6 Å². The summed E-state index contributed by atoms with van der Waals surface area (Å²) in [4.78, 5) is 2.56. The molecule has 1 aromatic carbocycles. The van der Waals surface area contributed by atoms with Crippen molar-refractivity contribution in [1.82, 2.24) is 0 Å². The zero-order chi connectivity index (χ0) is 14.8. The Morgan fingerprint density at radius 1 is 1.20 bits per heavy atom. The molecule has 2 rings (SSSR count). The van der Waals surface area contributed by atoms with Crippen LogP contribution in [0.1, 0.15) is 28.3 Å². The molecule has 0 spiro atoms. The van der Waals surface area contributed by atoms with Gasteiger partial charge < -0.3 is 5.32 Å². The van der Waals surface area contributed by atoms with Gasteiger partial charge in [-0.05, 0) is 43.7 Å². The van der Waals surface area contributed by atoms with Gasteiger partial charge in [0, 0.05) is 15.4 Å². The van der Waals surface area contributed by atoms with Gasteiger partial charge >= 0.3 is 0 Å². The zero-order valence-corrected chi connectivity index (χ0v) is 13.1. The second-order valence-electron chi connectivity index (χ2n) is 4.82.